The predicted octanol–water partition coefficient (Wildman–Crippen LogP) is 4.87. The molecule has 3 atom stereocenters. The number of rotatable bonds is 3. The van der Waals surface area contributed by atoms with Crippen LogP contribution in [0.25, 0.3) is 10.8 Å². The van der Waals surface area contributed by atoms with Gasteiger partial charge in [-0.05, 0) is 35.0 Å². The van der Waals surface area contributed by atoms with Crippen molar-refractivity contribution in [1.29, 1.82) is 0 Å². The molecule has 1 aliphatic carbocycles. The zero-order chi connectivity index (χ0) is 25.5. The highest BCUT2D eigenvalue weighted by Crippen LogP contribution is 2.66. The molecule has 2 spiro atoms. The summed E-state index contributed by atoms with van der Waals surface area (Å²) in [6.07, 6.45) is -1.10. The maximum absolute atomic E-state index is 14.5. The van der Waals surface area contributed by atoms with Crippen LogP contribution >= 0.6 is 0 Å². The van der Waals surface area contributed by atoms with Crippen LogP contribution in [0, 0.1) is 0 Å². The highest BCUT2D eigenvalue weighted by Gasteiger charge is 2.76. The second kappa shape index (κ2) is 7.41. The van der Waals surface area contributed by atoms with Gasteiger partial charge in [0.15, 0.2) is 6.29 Å². The van der Waals surface area contributed by atoms with Crippen molar-refractivity contribution < 1.29 is 28.5 Å². The van der Waals surface area contributed by atoms with Crippen LogP contribution in [0.1, 0.15) is 33.3 Å². The lowest BCUT2D eigenvalue weighted by Crippen LogP contribution is -2.55. The molecule has 7 nitrogen and oxygen atoms in total. The molecule has 3 aliphatic rings. The fraction of sp³-hybridized carbons (Fsp3) is 0.200. The molecule has 2 aliphatic heterocycles. The van der Waals surface area contributed by atoms with Crippen LogP contribution in [-0.2, 0) is 25.5 Å². The van der Waals surface area contributed by atoms with Gasteiger partial charge in [-0.1, -0.05) is 54.6 Å². The van der Waals surface area contributed by atoms with Gasteiger partial charge in [-0.25, -0.2) is 0 Å². The number of amides is 1. The van der Waals surface area contributed by atoms with E-state index in [1.54, 1.807) is 50.4 Å². The molecule has 1 saturated heterocycles. The van der Waals surface area contributed by atoms with E-state index in [0.717, 1.165) is 10.8 Å². The van der Waals surface area contributed by atoms with Gasteiger partial charge in [-0.15, -0.1) is 0 Å². The number of anilines is 1. The van der Waals surface area contributed by atoms with Gasteiger partial charge in [0, 0.05) is 23.7 Å². The average molecular weight is 494 g/mol. The zero-order valence-electron chi connectivity index (χ0n) is 20.5. The second-order valence-electron chi connectivity index (χ2n) is 9.46. The number of methoxy groups -OCH3 is 2. The van der Waals surface area contributed by atoms with Gasteiger partial charge in [0.05, 0.1) is 25.5 Å². The van der Waals surface area contributed by atoms with E-state index in [-0.39, 0.29) is 11.7 Å². The number of hydrogen-bond donors (Lipinski definition) is 0. The van der Waals surface area contributed by atoms with Crippen LogP contribution in [0.5, 0.6) is 11.5 Å². The van der Waals surface area contributed by atoms with Crippen LogP contribution < -0.4 is 14.4 Å². The summed E-state index contributed by atoms with van der Waals surface area (Å²) in [6.45, 7) is 0. The third-order valence-electron chi connectivity index (χ3n) is 7.85. The summed E-state index contributed by atoms with van der Waals surface area (Å²) >= 11 is 0. The summed E-state index contributed by atoms with van der Waals surface area (Å²) in [6, 6.07) is 23.9. The van der Waals surface area contributed by atoms with Crippen LogP contribution in [0.3, 0.4) is 0 Å². The summed E-state index contributed by atoms with van der Waals surface area (Å²) in [7, 11) is 4.81. The quantitative estimate of drug-likeness (QED) is 0.406. The molecule has 0 aromatic heterocycles. The molecule has 1 fully saturated rings. The topological polar surface area (TPSA) is 74.3 Å². The molecule has 0 unspecified atom stereocenters. The van der Waals surface area contributed by atoms with Gasteiger partial charge in [0.2, 0.25) is 17.0 Å². The van der Waals surface area contributed by atoms with Crippen molar-refractivity contribution in [1.82, 2.24) is 0 Å². The van der Waals surface area contributed by atoms with Gasteiger partial charge >= 0.3 is 0 Å². The second-order valence-corrected chi connectivity index (χ2v) is 9.46. The monoisotopic (exact) mass is 493 g/mol. The molecule has 1 amide bonds. The molecule has 7 rings (SSSR count). The standard InChI is InChI=1S/C30H23NO6/c1-31-23-13-5-4-11-21(23)30(28(31)33)29(22-12-7-9-17-8-6-10-19(25(17)22)26(29)32)36-27(37-30)20-16-18(34-2)14-15-24(20)35-3/h4-16,27H,1-3H3/t27-,29-,30-/m1/s1. The van der Waals surface area contributed by atoms with Crippen LogP contribution in [0.15, 0.2) is 78.9 Å². The molecule has 0 bridgehead atoms. The number of Topliss-reactive ketones (excluding diaryl/α,β-unsaturated/α-hetero) is 1. The first kappa shape index (κ1) is 22.0. The normalized spacial score (nSPS) is 25.5. The van der Waals surface area contributed by atoms with Crippen LogP contribution in [0.4, 0.5) is 5.69 Å². The van der Waals surface area contributed by atoms with Gasteiger partial charge < -0.3 is 23.8 Å². The third-order valence-corrected chi connectivity index (χ3v) is 7.85. The molecular formula is C30H23NO6. The molecule has 4 aromatic carbocycles. The zero-order valence-corrected chi connectivity index (χ0v) is 20.5. The van der Waals surface area contributed by atoms with Crippen molar-refractivity contribution >= 4 is 28.2 Å². The number of benzene rings is 4. The molecule has 7 heteroatoms. The molecule has 2 heterocycles. The number of ketones is 1. The summed E-state index contributed by atoms with van der Waals surface area (Å²) in [5.74, 6) is 0.390. The highest BCUT2D eigenvalue weighted by atomic mass is 16.8. The number of para-hydroxylation sites is 1. The molecule has 37 heavy (non-hydrogen) atoms. The number of nitrogens with zero attached hydrogens (tertiary/aromatic N) is 1. The number of carbonyl (C=O) groups is 2. The van der Waals surface area contributed by atoms with Gasteiger partial charge in [0.25, 0.3) is 5.91 Å². The summed E-state index contributed by atoms with van der Waals surface area (Å²) < 4.78 is 24.6. The Balaban J connectivity index is 1.56. The van der Waals surface area contributed by atoms with E-state index in [1.165, 1.54) is 0 Å². The lowest BCUT2D eigenvalue weighted by molar-refractivity contribution is -0.147. The number of ether oxygens (including phenoxy) is 4. The Hall–Kier alpha value is -4.20. The largest absolute Gasteiger partial charge is 0.497 e. The van der Waals surface area contributed by atoms with E-state index >= 15 is 0 Å². The molecule has 0 saturated carbocycles. The minimum absolute atomic E-state index is 0.304. The Morgan fingerprint density at radius 3 is 2.32 bits per heavy atom. The number of carbonyl (C=O) groups excluding carboxylic acids is 2. The number of likely N-dealkylation sites (N-methyl/N-ethyl adjacent to an activating group) is 1. The first-order chi connectivity index (χ1) is 18.0. The molecule has 184 valence electrons. The van der Waals surface area contributed by atoms with E-state index in [2.05, 4.69) is 0 Å². The lowest BCUT2D eigenvalue weighted by atomic mass is 9.73. The first-order valence-corrected chi connectivity index (χ1v) is 12.0. The third kappa shape index (κ3) is 2.48. The van der Waals surface area contributed by atoms with Gasteiger partial charge in [-0.2, -0.15) is 0 Å². The number of fused-ring (bicyclic) bond motifs is 4. The lowest BCUT2D eigenvalue weighted by Gasteiger charge is -2.35. The van der Waals surface area contributed by atoms with Crippen molar-refractivity contribution in [3.8, 4) is 11.5 Å². The fourth-order valence-electron chi connectivity index (χ4n) is 6.24. The minimum atomic E-state index is -1.75. The van der Waals surface area contributed by atoms with Crippen molar-refractivity contribution in [2.45, 2.75) is 17.5 Å². The Morgan fingerprint density at radius 1 is 0.811 bits per heavy atom. The molecule has 0 N–H and O–H groups in total. The fourth-order valence-corrected chi connectivity index (χ4v) is 6.24. The first-order valence-electron chi connectivity index (χ1n) is 12.0. The van der Waals surface area contributed by atoms with Gasteiger partial charge in [-0.3, -0.25) is 9.59 Å². The van der Waals surface area contributed by atoms with E-state index < -0.39 is 17.5 Å². The average Bonchev–Trinajstić information content (AvgIpc) is 3.51. The Kier molecular flexibility index (Phi) is 4.41. The Bertz CT molecular complexity index is 1640. The van der Waals surface area contributed by atoms with Crippen molar-refractivity contribution in [3.63, 3.8) is 0 Å². The SMILES string of the molecule is COc1ccc(OC)c([C@H]2O[C@]3(C(=O)N(C)c4ccccc43)[C@]3(O2)C(=O)c2cccc4cccc3c24)c1. The van der Waals surface area contributed by atoms with Crippen LogP contribution in [0.2, 0.25) is 0 Å². The molecule has 0 radical (unpaired) electrons. The summed E-state index contributed by atoms with van der Waals surface area (Å²) in [5, 5.41) is 1.67. The van der Waals surface area contributed by atoms with E-state index in [4.69, 9.17) is 18.9 Å². The molecular weight excluding hydrogens is 470 g/mol. The van der Waals surface area contributed by atoms with Crippen LogP contribution in [-0.4, -0.2) is 33.0 Å². The van der Waals surface area contributed by atoms with E-state index in [9.17, 15) is 9.59 Å². The smallest absolute Gasteiger partial charge is 0.267 e. The summed E-state index contributed by atoms with van der Waals surface area (Å²) in [4.78, 5) is 30.4. The Morgan fingerprint density at radius 2 is 1.54 bits per heavy atom. The maximum Gasteiger partial charge on any atom is 0.267 e. The minimum Gasteiger partial charge on any atom is -0.497 e. The van der Waals surface area contributed by atoms with E-state index in [0.29, 0.717) is 39.4 Å². The van der Waals surface area contributed by atoms with Gasteiger partial charge in [0.1, 0.15) is 11.5 Å². The summed E-state index contributed by atoms with van der Waals surface area (Å²) in [5.41, 5.74) is -0.583. The predicted molar refractivity (Wildman–Crippen MR) is 136 cm³/mol. The maximum atomic E-state index is 14.5. The Labute approximate surface area is 213 Å². The van der Waals surface area contributed by atoms with Crippen molar-refractivity contribution in [3.05, 3.63) is 101 Å². The van der Waals surface area contributed by atoms with E-state index in [1.807, 2.05) is 54.6 Å². The van der Waals surface area contributed by atoms with Crippen molar-refractivity contribution in [2.75, 3.05) is 26.2 Å². The highest BCUT2D eigenvalue weighted by molar-refractivity contribution is 6.24. The number of hydrogen-bond acceptors (Lipinski definition) is 6. The molecule has 4 aromatic rings. The van der Waals surface area contributed by atoms with Crippen molar-refractivity contribution in [2.24, 2.45) is 0 Å².